The monoisotopic (exact) mass is 420 g/mol. The first-order valence-electron chi connectivity index (χ1n) is 9.33. The van der Waals surface area contributed by atoms with Crippen LogP contribution in [0.3, 0.4) is 0 Å². The molecule has 2 amide bonds. The summed E-state index contributed by atoms with van der Waals surface area (Å²) in [7, 11) is 1.28. The summed E-state index contributed by atoms with van der Waals surface area (Å²) in [5.41, 5.74) is 1.21. The maximum absolute atomic E-state index is 12.6. The molecule has 0 bridgehead atoms. The Labute approximate surface area is 178 Å². The van der Waals surface area contributed by atoms with Crippen molar-refractivity contribution in [2.24, 2.45) is 0 Å². The lowest BCUT2D eigenvalue weighted by Gasteiger charge is -2.12. The fourth-order valence-corrected chi connectivity index (χ4v) is 2.92. The first kappa shape index (κ1) is 21.5. The Hall–Kier alpha value is -4.20. The zero-order valence-corrected chi connectivity index (χ0v) is 16.9. The van der Waals surface area contributed by atoms with Gasteiger partial charge in [0.15, 0.2) is 6.61 Å². The second kappa shape index (κ2) is 9.53. The van der Waals surface area contributed by atoms with Gasteiger partial charge in [0, 0.05) is 12.6 Å². The zero-order chi connectivity index (χ0) is 22.4. The number of amides is 2. The largest absolute Gasteiger partial charge is 0.465 e. The van der Waals surface area contributed by atoms with Crippen LogP contribution in [0.4, 0.5) is 11.4 Å². The first-order valence-corrected chi connectivity index (χ1v) is 9.33. The second-order valence-electron chi connectivity index (χ2n) is 6.62. The van der Waals surface area contributed by atoms with E-state index in [1.807, 2.05) is 24.3 Å². The summed E-state index contributed by atoms with van der Waals surface area (Å²) in [6, 6.07) is 16.7. The van der Waals surface area contributed by atoms with Gasteiger partial charge in [-0.3, -0.25) is 9.59 Å². The summed E-state index contributed by atoms with van der Waals surface area (Å²) in [4.78, 5) is 47.7. The average molecular weight is 420 g/mol. The van der Waals surface area contributed by atoms with Crippen molar-refractivity contribution in [1.29, 1.82) is 0 Å². The van der Waals surface area contributed by atoms with Crippen LogP contribution in [-0.2, 0) is 19.1 Å². The van der Waals surface area contributed by atoms with Crippen LogP contribution in [0.25, 0.3) is 10.8 Å². The van der Waals surface area contributed by atoms with Crippen LogP contribution in [0, 0.1) is 0 Å². The van der Waals surface area contributed by atoms with Crippen LogP contribution in [0.1, 0.15) is 27.6 Å². The zero-order valence-electron chi connectivity index (χ0n) is 16.9. The normalized spacial score (nSPS) is 10.3. The summed E-state index contributed by atoms with van der Waals surface area (Å²) in [5.74, 6) is -2.12. The highest BCUT2D eigenvalue weighted by Crippen LogP contribution is 2.25. The van der Waals surface area contributed by atoms with E-state index in [-0.39, 0.29) is 11.5 Å². The molecule has 158 valence electrons. The number of hydrogen-bond acceptors (Lipinski definition) is 6. The van der Waals surface area contributed by atoms with E-state index < -0.39 is 24.5 Å². The number of esters is 2. The third-order valence-electron chi connectivity index (χ3n) is 4.34. The minimum atomic E-state index is -0.745. The van der Waals surface area contributed by atoms with E-state index in [9.17, 15) is 19.2 Å². The van der Waals surface area contributed by atoms with Crippen molar-refractivity contribution in [2.45, 2.75) is 6.92 Å². The molecule has 0 atom stereocenters. The SMILES string of the molecule is COC(=O)c1ccc(NC(=O)COC(=O)c2cc3ccccc3cc2NC(C)=O)cc1. The minimum Gasteiger partial charge on any atom is -0.465 e. The molecule has 0 heterocycles. The molecule has 3 aromatic carbocycles. The molecule has 0 saturated carbocycles. The van der Waals surface area contributed by atoms with E-state index in [2.05, 4.69) is 15.4 Å². The average Bonchev–Trinajstić information content (AvgIpc) is 2.76. The van der Waals surface area contributed by atoms with Crippen LogP contribution >= 0.6 is 0 Å². The Morgan fingerprint density at radius 1 is 0.839 bits per heavy atom. The van der Waals surface area contributed by atoms with Gasteiger partial charge in [-0.25, -0.2) is 9.59 Å². The fraction of sp³-hybridized carbons (Fsp3) is 0.130. The molecular weight excluding hydrogens is 400 g/mol. The Kier molecular flexibility index (Phi) is 6.61. The number of nitrogens with one attached hydrogen (secondary N) is 2. The fourth-order valence-electron chi connectivity index (χ4n) is 2.92. The molecule has 3 rings (SSSR count). The highest BCUT2D eigenvalue weighted by Gasteiger charge is 2.17. The van der Waals surface area contributed by atoms with Crippen LogP contribution in [0.15, 0.2) is 60.7 Å². The van der Waals surface area contributed by atoms with E-state index in [1.54, 1.807) is 12.1 Å². The minimum absolute atomic E-state index is 0.143. The van der Waals surface area contributed by atoms with Gasteiger partial charge in [-0.2, -0.15) is 0 Å². The number of carbonyl (C=O) groups is 4. The number of fused-ring (bicyclic) bond motifs is 1. The van der Waals surface area contributed by atoms with Gasteiger partial charge in [-0.15, -0.1) is 0 Å². The number of benzene rings is 3. The van der Waals surface area contributed by atoms with Gasteiger partial charge in [-0.1, -0.05) is 24.3 Å². The van der Waals surface area contributed by atoms with Crippen LogP contribution in [-0.4, -0.2) is 37.5 Å². The topological polar surface area (TPSA) is 111 Å². The summed E-state index contributed by atoms with van der Waals surface area (Å²) in [6.45, 7) is 0.813. The predicted molar refractivity (Wildman–Crippen MR) is 115 cm³/mol. The molecule has 8 nitrogen and oxygen atoms in total. The lowest BCUT2D eigenvalue weighted by atomic mass is 10.0. The standard InChI is InChI=1S/C23H20N2O6/c1-14(26)24-20-12-17-6-4-3-5-16(17)11-19(20)23(29)31-13-21(27)25-18-9-7-15(8-10-18)22(28)30-2/h3-12H,13H2,1-2H3,(H,24,26)(H,25,27). The van der Waals surface area contributed by atoms with E-state index in [1.165, 1.54) is 38.3 Å². The van der Waals surface area contributed by atoms with Crippen LogP contribution in [0.5, 0.6) is 0 Å². The molecule has 0 aliphatic heterocycles. The van der Waals surface area contributed by atoms with Crippen molar-refractivity contribution in [1.82, 2.24) is 0 Å². The molecule has 0 aromatic heterocycles. The number of carbonyl (C=O) groups excluding carboxylic acids is 4. The molecule has 8 heteroatoms. The quantitative estimate of drug-likeness (QED) is 0.592. The highest BCUT2D eigenvalue weighted by atomic mass is 16.5. The van der Waals surface area contributed by atoms with E-state index in [4.69, 9.17) is 4.74 Å². The molecule has 0 saturated heterocycles. The lowest BCUT2D eigenvalue weighted by Crippen LogP contribution is -2.21. The molecule has 3 aromatic rings. The molecule has 0 unspecified atom stereocenters. The van der Waals surface area contributed by atoms with Gasteiger partial charge in [-0.05, 0) is 47.2 Å². The van der Waals surface area contributed by atoms with E-state index in [0.29, 0.717) is 16.9 Å². The Bertz CT molecular complexity index is 1150. The van der Waals surface area contributed by atoms with Gasteiger partial charge in [0.2, 0.25) is 5.91 Å². The molecule has 0 spiro atoms. The van der Waals surface area contributed by atoms with Gasteiger partial charge in [0.05, 0.1) is 23.9 Å². The van der Waals surface area contributed by atoms with Crippen molar-refractivity contribution in [2.75, 3.05) is 24.4 Å². The number of rotatable bonds is 6. The summed E-state index contributed by atoms with van der Waals surface area (Å²) >= 11 is 0. The first-order chi connectivity index (χ1) is 14.9. The number of anilines is 2. The number of hydrogen-bond donors (Lipinski definition) is 2. The van der Waals surface area contributed by atoms with Crippen molar-refractivity contribution in [3.05, 3.63) is 71.8 Å². The second-order valence-corrected chi connectivity index (χ2v) is 6.62. The van der Waals surface area contributed by atoms with Gasteiger partial charge in [0.25, 0.3) is 5.91 Å². The molecular formula is C23H20N2O6. The van der Waals surface area contributed by atoms with Crippen LogP contribution in [0.2, 0.25) is 0 Å². The Morgan fingerprint density at radius 2 is 1.48 bits per heavy atom. The Morgan fingerprint density at radius 3 is 2.10 bits per heavy atom. The lowest BCUT2D eigenvalue weighted by molar-refractivity contribution is -0.119. The molecule has 0 radical (unpaired) electrons. The third kappa shape index (κ3) is 5.45. The highest BCUT2D eigenvalue weighted by molar-refractivity contribution is 6.06. The summed E-state index contributed by atoms with van der Waals surface area (Å²) in [5, 5.41) is 6.82. The molecule has 0 aliphatic rings. The van der Waals surface area contributed by atoms with Crippen molar-refractivity contribution >= 4 is 45.9 Å². The number of ether oxygens (including phenoxy) is 2. The Balaban J connectivity index is 1.68. The van der Waals surface area contributed by atoms with Gasteiger partial charge in [0.1, 0.15) is 0 Å². The summed E-state index contributed by atoms with van der Waals surface area (Å²) < 4.78 is 9.75. The predicted octanol–water partition coefficient (Wildman–Crippen LogP) is 3.38. The molecule has 31 heavy (non-hydrogen) atoms. The maximum atomic E-state index is 12.6. The van der Waals surface area contributed by atoms with Crippen molar-refractivity contribution < 1.29 is 28.7 Å². The molecule has 0 fully saturated rings. The maximum Gasteiger partial charge on any atom is 0.340 e. The smallest absolute Gasteiger partial charge is 0.340 e. The van der Waals surface area contributed by atoms with Crippen molar-refractivity contribution in [3.8, 4) is 0 Å². The van der Waals surface area contributed by atoms with Gasteiger partial charge < -0.3 is 20.1 Å². The van der Waals surface area contributed by atoms with Crippen LogP contribution < -0.4 is 10.6 Å². The molecule has 0 aliphatic carbocycles. The summed E-state index contributed by atoms with van der Waals surface area (Å²) in [6.07, 6.45) is 0. The molecule has 2 N–H and O–H groups in total. The van der Waals surface area contributed by atoms with Crippen molar-refractivity contribution in [3.63, 3.8) is 0 Å². The van der Waals surface area contributed by atoms with E-state index in [0.717, 1.165) is 10.8 Å². The van der Waals surface area contributed by atoms with E-state index >= 15 is 0 Å². The third-order valence-corrected chi connectivity index (χ3v) is 4.34. The number of methoxy groups -OCH3 is 1. The van der Waals surface area contributed by atoms with Gasteiger partial charge >= 0.3 is 11.9 Å².